The topological polar surface area (TPSA) is 55.1 Å². The third kappa shape index (κ3) is 4.34. The van der Waals surface area contributed by atoms with Gasteiger partial charge in [0.2, 0.25) is 5.91 Å². The van der Waals surface area contributed by atoms with Crippen LogP contribution >= 0.6 is 0 Å². The normalized spacial score (nSPS) is 33.9. The lowest BCUT2D eigenvalue weighted by molar-refractivity contribution is -0.185. The maximum Gasteiger partial charge on any atom is 0.391 e. The summed E-state index contributed by atoms with van der Waals surface area (Å²) in [7, 11) is 0. The van der Waals surface area contributed by atoms with Gasteiger partial charge >= 0.3 is 6.18 Å². The Hall–Kier alpha value is -0.780. The summed E-state index contributed by atoms with van der Waals surface area (Å²) in [6.07, 6.45) is 0.494. The van der Waals surface area contributed by atoms with E-state index in [9.17, 15) is 18.0 Å². The van der Waals surface area contributed by atoms with Crippen LogP contribution in [0.4, 0.5) is 13.2 Å². The van der Waals surface area contributed by atoms with E-state index in [0.29, 0.717) is 19.5 Å². The molecule has 3 N–H and O–H groups in total. The van der Waals surface area contributed by atoms with Crippen molar-refractivity contribution in [3.63, 3.8) is 0 Å². The van der Waals surface area contributed by atoms with E-state index in [4.69, 9.17) is 5.73 Å². The van der Waals surface area contributed by atoms with E-state index in [2.05, 4.69) is 5.32 Å². The number of halogens is 3. The van der Waals surface area contributed by atoms with Gasteiger partial charge in [-0.05, 0) is 50.5 Å². The first kappa shape index (κ1) is 16.6. The van der Waals surface area contributed by atoms with Crippen molar-refractivity contribution in [3.8, 4) is 0 Å². The number of amides is 1. The molecule has 2 saturated carbocycles. The average Bonchev–Trinajstić information content (AvgIpc) is 2.92. The number of nitrogens with one attached hydrogen (secondary N) is 1. The lowest BCUT2D eigenvalue weighted by Crippen LogP contribution is -2.39. The molecule has 0 aliphatic heterocycles. The highest BCUT2D eigenvalue weighted by Crippen LogP contribution is 2.39. The quantitative estimate of drug-likeness (QED) is 0.839. The summed E-state index contributed by atoms with van der Waals surface area (Å²) in [6, 6.07) is 0. The van der Waals surface area contributed by atoms with Gasteiger partial charge in [-0.3, -0.25) is 4.79 Å². The van der Waals surface area contributed by atoms with Crippen molar-refractivity contribution in [2.75, 3.05) is 13.1 Å². The Bertz CT molecular complexity index is 359. The Morgan fingerprint density at radius 3 is 2.52 bits per heavy atom. The number of carbonyl (C=O) groups excluding carboxylic acids is 1. The van der Waals surface area contributed by atoms with Crippen LogP contribution in [0.25, 0.3) is 0 Å². The zero-order valence-electron chi connectivity index (χ0n) is 12.3. The molecule has 0 heterocycles. The molecule has 4 atom stereocenters. The standard InChI is InChI=1S/C15H25F3N2O/c16-15(17,18)12-5-1-3-10(7-12)9-20-14(21)13-6-2-4-11(13)8-19/h10-13H,1-9,19H2,(H,20,21)/t10?,11-,12?,13-/m1/s1. The summed E-state index contributed by atoms with van der Waals surface area (Å²) in [5, 5.41) is 2.87. The molecule has 0 aromatic rings. The first-order chi connectivity index (χ1) is 9.91. The minimum Gasteiger partial charge on any atom is -0.356 e. The fraction of sp³-hybridized carbons (Fsp3) is 0.933. The molecule has 2 rings (SSSR count). The predicted octanol–water partition coefficient (Wildman–Crippen LogP) is 2.85. The molecule has 3 nitrogen and oxygen atoms in total. The summed E-state index contributed by atoms with van der Waals surface area (Å²) in [6.45, 7) is 0.886. The predicted molar refractivity (Wildman–Crippen MR) is 74.4 cm³/mol. The van der Waals surface area contributed by atoms with Crippen LogP contribution in [0.15, 0.2) is 0 Å². The van der Waals surface area contributed by atoms with Crippen LogP contribution in [0.1, 0.15) is 44.9 Å². The lowest BCUT2D eigenvalue weighted by Gasteiger charge is -2.31. The van der Waals surface area contributed by atoms with Crippen molar-refractivity contribution >= 4 is 5.91 Å². The van der Waals surface area contributed by atoms with Gasteiger partial charge in [0.25, 0.3) is 0 Å². The van der Waals surface area contributed by atoms with Gasteiger partial charge in [0, 0.05) is 12.5 Å². The first-order valence-electron chi connectivity index (χ1n) is 7.96. The Morgan fingerprint density at radius 2 is 1.86 bits per heavy atom. The molecule has 6 heteroatoms. The van der Waals surface area contributed by atoms with Crippen LogP contribution in [-0.2, 0) is 4.79 Å². The Kier molecular flexibility index (Phi) is 5.52. The molecule has 0 radical (unpaired) electrons. The number of rotatable bonds is 4. The monoisotopic (exact) mass is 306 g/mol. The maximum atomic E-state index is 12.8. The Balaban J connectivity index is 1.78. The minimum absolute atomic E-state index is 0.0166. The SMILES string of the molecule is NC[C@H]1CCC[C@H]1C(=O)NCC1CCCC(C(F)(F)F)C1. The number of hydrogen-bond donors (Lipinski definition) is 2. The van der Waals surface area contributed by atoms with Crippen LogP contribution in [-0.4, -0.2) is 25.2 Å². The van der Waals surface area contributed by atoms with Crippen molar-refractivity contribution in [1.29, 1.82) is 0 Å². The summed E-state index contributed by atoms with van der Waals surface area (Å²) in [5.41, 5.74) is 5.66. The van der Waals surface area contributed by atoms with Crippen LogP contribution in [0.5, 0.6) is 0 Å². The summed E-state index contributed by atoms with van der Waals surface area (Å²) >= 11 is 0. The van der Waals surface area contributed by atoms with Crippen molar-refractivity contribution in [1.82, 2.24) is 5.32 Å². The molecule has 2 aliphatic carbocycles. The zero-order chi connectivity index (χ0) is 15.5. The van der Waals surface area contributed by atoms with E-state index in [-0.39, 0.29) is 36.5 Å². The summed E-state index contributed by atoms with van der Waals surface area (Å²) in [4.78, 5) is 12.1. The fourth-order valence-corrected chi connectivity index (χ4v) is 3.81. The second kappa shape index (κ2) is 6.99. The molecule has 21 heavy (non-hydrogen) atoms. The van der Waals surface area contributed by atoms with Gasteiger partial charge in [0.15, 0.2) is 0 Å². The molecule has 0 aromatic heterocycles. The maximum absolute atomic E-state index is 12.8. The minimum atomic E-state index is -4.10. The summed E-state index contributed by atoms with van der Waals surface area (Å²) in [5.74, 6) is -1.07. The molecule has 122 valence electrons. The van der Waals surface area contributed by atoms with Crippen molar-refractivity contribution in [2.24, 2.45) is 29.4 Å². The van der Waals surface area contributed by atoms with E-state index >= 15 is 0 Å². The lowest BCUT2D eigenvalue weighted by atomic mass is 9.81. The highest BCUT2D eigenvalue weighted by molar-refractivity contribution is 5.79. The number of hydrogen-bond acceptors (Lipinski definition) is 2. The molecular formula is C15H25F3N2O. The highest BCUT2D eigenvalue weighted by Gasteiger charge is 2.42. The molecule has 0 spiro atoms. The van der Waals surface area contributed by atoms with Gasteiger partial charge in [-0.25, -0.2) is 0 Å². The average molecular weight is 306 g/mol. The molecule has 1 amide bonds. The van der Waals surface area contributed by atoms with Gasteiger partial charge in [-0.2, -0.15) is 13.2 Å². The molecule has 0 bridgehead atoms. The summed E-state index contributed by atoms with van der Waals surface area (Å²) < 4.78 is 38.3. The van der Waals surface area contributed by atoms with Crippen LogP contribution < -0.4 is 11.1 Å². The number of alkyl halides is 3. The molecule has 2 unspecified atom stereocenters. The van der Waals surface area contributed by atoms with Gasteiger partial charge in [-0.15, -0.1) is 0 Å². The van der Waals surface area contributed by atoms with Gasteiger partial charge in [0.05, 0.1) is 5.92 Å². The van der Waals surface area contributed by atoms with E-state index in [0.717, 1.165) is 25.7 Å². The smallest absolute Gasteiger partial charge is 0.356 e. The van der Waals surface area contributed by atoms with Gasteiger partial charge in [0.1, 0.15) is 0 Å². The van der Waals surface area contributed by atoms with Crippen LogP contribution in [0.3, 0.4) is 0 Å². The molecular weight excluding hydrogens is 281 g/mol. The molecule has 0 saturated heterocycles. The van der Waals surface area contributed by atoms with Crippen LogP contribution in [0, 0.1) is 23.7 Å². The third-order valence-electron chi connectivity index (χ3n) is 5.11. The second-order valence-electron chi connectivity index (χ2n) is 6.55. The van der Waals surface area contributed by atoms with Crippen molar-refractivity contribution in [3.05, 3.63) is 0 Å². The molecule has 0 aromatic carbocycles. The van der Waals surface area contributed by atoms with E-state index in [1.165, 1.54) is 0 Å². The van der Waals surface area contributed by atoms with Crippen molar-refractivity contribution in [2.45, 2.75) is 51.1 Å². The molecule has 2 aliphatic rings. The fourth-order valence-electron chi connectivity index (χ4n) is 3.81. The van der Waals surface area contributed by atoms with Crippen LogP contribution in [0.2, 0.25) is 0 Å². The van der Waals surface area contributed by atoms with Crippen molar-refractivity contribution < 1.29 is 18.0 Å². The van der Waals surface area contributed by atoms with E-state index < -0.39 is 12.1 Å². The zero-order valence-corrected chi connectivity index (χ0v) is 12.3. The number of nitrogens with two attached hydrogens (primary N) is 1. The molecule has 2 fully saturated rings. The largest absolute Gasteiger partial charge is 0.391 e. The highest BCUT2D eigenvalue weighted by atomic mass is 19.4. The number of carbonyl (C=O) groups is 1. The third-order valence-corrected chi connectivity index (χ3v) is 5.11. The Labute approximate surface area is 123 Å². The Morgan fingerprint density at radius 1 is 1.14 bits per heavy atom. The second-order valence-corrected chi connectivity index (χ2v) is 6.55. The first-order valence-corrected chi connectivity index (χ1v) is 7.96. The van der Waals surface area contributed by atoms with E-state index in [1.54, 1.807) is 0 Å². The van der Waals surface area contributed by atoms with E-state index in [1.807, 2.05) is 0 Å². The van der Waals surface area contributed by atoms with Gasteiger partial charge < -0.3 is 11.1 Å². The van der Waals surface area contributed by atoms with Gasteiger partial charge in [-0.1, -0.05) is 12.8 Å².